The van der Waals surface area contributed by atoms with Crippen LogP contribution in [0, 0.1) is 0 Å². The number of halogens is 2. The van der Waals surface area contributed by atoms with E-state index in [-0.39, 0.29) is 11.9 Å². The van der Waals surface area contributed by atoms with Crippen LogP contribution in [0.3, 0.4) is 0 Å². The Morgan fingerprint density at radius 1 is 0.892 bits per heavy atom. The summed E-state index contributed by atoms with van der Waals surface area (Å²) < 4.78 is 5.77. The molecule has 5 nitrogen and oxygen atoms in total. The number of nitrogens with one attached hydrogen (secondary N) is 1. The number of aromatic nitrogens is 2. The van der Waals surface area contributed by atoms with E-state index in [1.54, 1.807) is 18.5 Å². The molecule has 0 bridgehead atoms. The van der Waals surface area contributed by atoms with Crippen molar-refractivity contribution >= 4 is 40.0 Å². The third kappa shape index (κ3) is 4.52. The number of fused-ring (bicyclic) bond motifs is 2. The minimum atomic E-state index is -0.195. The highest BCUT2D eigenvalue weighted by atomic mass is 35.5. The smallest absolute Gasteiger partial charge is 0.253 e. The second kappa shape index (κ2) is 9.85. The van der Waals surface area contributed by atoms with Crippen molar-refractivity contribution < 1.29 is 9.53 Å². The van der Waals surface area contributed by atoms with Crippen LogP contribution in [0.15, 0.2) is 91.3 Å². The van der Waals surface area contributed by atoms with Crippen LogP contribution in [-0.2, 0) is 0 Å². The predicted octanol–water partition coefficient (Wildman–Crippen LogP) is 7.52. The fourth-order valence-electron chi connectivity index (χ4n) is 4.84. The third-order valence-electron chi connectivity index (χ3n) is 6.49. The number of pyridine rings is 2. The molecule has 0 radical (unpaired) electrons. The first-order chi connectivity index (χ1) is 18.1. The van der Waals surface area contributed by atoms with E-state index in [4.69, 9.17) is 32.9 Å². The van der Waals surface area contributed by atoms with Gasteiger partial charge in [0.05, 0.1) is 29.4 Å². The maximum absolute atomic E-state index is 13.8. The van der Waals surface area contributed by atoms with E-state index in [2.05, 4.69) is 10.3 Å². The zero-order valence-corrected chi connectivity index (χ0v) is 21.1. The molecule has 3 aromatic carbocycles. The summed E-state index contributed by atoms with van der Waals surface area (Å²) in [4.78, 5) is 23.1. The van der Waals surface area contributed by atoms with Crippen LogP contribution in [0.25, 0.3) is 33.3 Å². The quantitative estimate of drug-likeness (QED) is 0.263. The normalized spacial score (nSPS) is 14.6. The molecule has 6 rings (SSSR count). The molecule has 0 aliphatic carbocycles. The lowest BCUT2D eigenvalue weighted by molar-refractivity contribution is 0.0925. The van der Waals surface area contributed by atoms with Gasteiger partial charge in [-0.1, -0.05) is 71.7 Å². The van der Waals surface area contributed by atoms with Crippen LogP contribution in [0.1, 0.15) is 28.4 Å². The Morgan fingerprint density at radius 3 is 2.46 bits per heavy atom. The zero-order chi connectivity index (χ0) is 25.4. The first-order valence-electron chi connectivity index (χ1n) is 11.9. The monoisotopic (exact) mass is 525 g/mol. The van der Waals surface area contributed by atoms with Crippen molar-refractivity contribution in [1.82, 2.24) is 15.3 Å². The van der Waals surface area contributed by atoms with E-state index in [1.165, 1.54) is 0 Å². The lowest BCUT2D eigenvalue weighted by Crippen LogP contribution is -2.32. The molecule has 1 atom stereocenters. The lowest BCUT2D eigenvalue weighted by Gasteiger charge is -2.27. The molecule has 1 N–H and O–H groups in total. The molecule has 0 fully saturated rings. The van der Waals surface area contributed by atoms with Crippen molar-refractivity contribution in [3.05, 3.63) is 112 Å². The molecule has 5 aromatic rings. The van der Waals surface area contributed by atoms with Gasteiger partial charge >= 0.3 is 0 Å². The molecule has 7 heteroatoms. The van der Waals surface area contributed by atoms with E-state index in [0.29, 0.717) is 39.8 Å². The molecule has 1 aliphatic rings. The van der Waals surface area contributed by atoms with Gasteiger partial charge in [-0.2, -0.15) is 0 Å². The molecule has 0 saturated heterocycles. The third-order valence-corrected chi connectivity index (χ3v) is 6.93. The molecular formula is C30H21Cl2N3O2. The van der Waals surface area contributed by atoms with Crippen LogP contribution in [0.5, 0.6) is 5.75 Å². The number of ether oxygens (including phenoxy) is 1. The Balaban J connectivity index is 1.49. The number of carbonyl (C=O) groups is 1. The maximum atomic E-state index is 13.8. The predicted molar refractivity (Wildman–Crippen MR) is 147 cm³/mol. The van der Waals surface area contributed by atoms with Crippen LogP contribution < -0.4 is 10.1 Å². The summed E-state index contributed by atoms with van der Waals surface area (Å²) in [6.07, 6.45) is 4.04. The van der Waals surface area contributed by atoms with Gasteiger partial charge in [-0.3, -0.25) is 14.8 Å². The van der Waals surface area contributed by atoms with Gasteiger partial charge < -0.3 is 10.1 Å². The highest BCUT2D eigenvalue weighted by Gasteiger charge is 2.26. The molecule has 1 aliphatic heterocycles. The van der Waals surface area contributed by atoms with E-state index >= 15 is 0 Å². The maximum Gasteiger partial charge on any atom is 0.253 e. The van der Waals surface area contributed by atoms with Gasteiger partial charge in [-0.05, 0) is 35.9 Å². The number of amides is 1. The molecule has 0 saturated carbocycles. The highest BCUT2D eigenvalue weighted by Crippen LogP contribution is 2.37. The summed E-state index contributed by atoms with van der Waals surface area (Å²) in [5, 5.41) is 5.05. The Labute approximate surface area is 224 Å². The first-order valence-corrected chi connectivity index (χ1v) is 12.7. The highest BCUT2D eigenvalue weighted by molar-refractivity contribution is 6.35. The summed E-state index contributed by atoms with van der Waals surface area (Å²) in [6.45, 7) is 0.542. The van der Waals surface area contributed by atoms with Gasteiger partial charge in [0.2, 0.25) is 0 Å². The molecule has 182 valence electrons. The van der Waals surface area contributed by atoms with E-state index in [0.717, 1.165) is 33.4 Å². The summed E-state index contributed by atoms with van der Waals surface area (Å²) in [5.41, 5.74) is 5.22. The first kappa shape index (κ1) is 23.5. The minimum absolute atomic E-state index is 0.154. The second-order valence-corrected chi connectivity index (χ2v) is 9.70. The number of hydrogen-bond donors (Lipinski definition) is 1. The summed E-state index contributed by atoms with van der Waals surface area (Å²) in [7, 11) is 0. The van der Waals surface area contributed by atoms with Crippen LogP contribution >= 0.6 is 23.2 Å². The van der Waals surface area contributed by atoms with Crippen molar-refractivity contribution in [2.24, 2.45) is 0 Å². The van der Waals surface area contributed by atoms with Gasteiger partial charge in [0.1, 0.15) is 5.75 Å². The lowest BCUT2D eigenvalue weighted by atomic mass is 9.94. The number of carbonyl (C=O) groups excluding carboxylic acids is 1. The molecule has 37 heavy (non-hydrogen) atoms. The standard InChI is InChI=1S/C30H21Cl2N3O2/c31-20-14-19(15-21(32)16-20)28-29-23(10-12-33-28)27(18-6-2-1-3-7-18)24(17-34-29)30(36)35-25-11-13-37-26-9-5-4-8-22(25)26/h1-10,12,14-17,25H,11,13H2,(H,35,36)/t25-/m0/s1. The molecule has 2 aromatic heterocycles. The SMILES string of the molecule is O=C(N[C@H]1CCOc2ccccc21)c1cnc2c(-c3cc(Cl)cc(Cl)c3)nccc2c1-c1ccccc1. The Hall–Kier alpha value is -3.93. The van der Waals surface area contributed by atoms with E-state index in [9.17, 15) is 4.79 Å². The Morgan fingerprint density at radius 2 is 1.65 bits per heavy atom. The van der Waals surface area contributed by atoms with Gasteiger partial charge in [-0.15, -0.1) is 0 Å². The van der Waals surface area contributed by atoms with E-state index in [1.807, 2.05) is 72.8 Å². The fraction of sp³-hybridized carbons (Fsp3) is 0.100. The van der Waals surface area contributed by atoms with Crippen molar-refractivity contribution in [1.29, 1.82) is 0 Å². The molecule has 0 spiro atoms. The number of hydrogen-bond acceptors (Lipinski definition) is 4. The van der Waals surface area contributed by atoms with Gasteiger partial charge in [0.25, 0.3) is 5.91 Å². The number of nitrogens with zero attached hydrogens (tertiary/aromatic N) is 2. The van der Waals surface area contributed by atoms with Crippen molar-refractivity contribution in [2.75, 3.05) is 6.61 Å². The minimum Gasteiger partial charge on any atom is -0.493 e. The van der Waals surface area contributed by atoms with Crippen LogP contribution in [-0.4, -0.2) is 22.5 Å². The van der Waals surface area contributed by atoms with Crippen molar-refractivity contribution in [2.45, 2.75) is 12.5 Å². The van der Waals surface area contributed by atoms with Gasteiger partial charge in [0.15, 0.2) is 0 Å². The van der Waals surface area contributed by atoms with Gasteiger partial charge in [-0.25, -0.2) is 0 Å². The Kier molecular flexibility index (Phi) is 6.25. The zero-order valence-electron chi connectivity index (χ0n) is 19.6. The van der Waals surface area contributed by atoms with E-state index < -0.39 is 0 Å². The largest absolute Gasteiger partial charge is 0.493 e. The molecule has 0 unspecified atom stereocenters. The average Bonchev–Trinajstić information content (AvgIpc) is 2.92. The Bertz CT molecular complexity index is 1620. The molecular weight excluding hydrogens is 505 g/mol. The fourth-order valence-corrected chi connectivity index (χ4v) is 5.37. The topological polar surface area (TPSA) is 64.1 Å². The second-order valence-electron chi connectivity index (χ2n) is 8.83. The van der Waals surface area contributed by atoms with Crippen LogP contribution in [0.2, 0.25) is 10.0 Å². The van der Waals surface area contributed by atoms with Crippen LogP contribution in [0.4, 0.5) is 0 Å². The average molecular weight is 526 g/mol. The molecule has 3 heterocycles. The van der Waals surface area contributed by atoms with Crippen molar-refractivity contribution in [3.8, 4) is 28.1 Å². The summed E-state index contributed by atoms with van der Waals surface area (Å²) in [6, 6.07) is 24.7. The molecule has 1 amide bonds. The number of rotatable bonds is 4. The van der Waals surface area contributed by atoms with Gasteiger partial charge in [0, 0.05) is 50.9 Å². The summed E-state index contributed by atoms with van der Waals surface area (Å²) >= 11 is 12.6. The summed E-state index contributed by atoms with van der Waals surface area (Å²) in [5.74, 6) is 0.606. The van der Waals surface area contributed by atoms with Crippen molar-refractivity contribution in [3.63, 3.8) is 0 Å². The number of benzene rings is 3. The number of para-hydroxylation sites is 1.